The van der Waals surface area contributed by atoms with Gasteiger partial charge >= 0.3 is 0 Å². The summed E-state index contributed by atoms with van der Waals surface area (Å²) >= 11 is 7.65. The smallest absolute Gasteiger partial charge is 0.187 e. The van der Waals surface area contributed by atoms with Gasteiger partial charge in [0.05, 0.1) is 5.69 Å². The zero-order valence-electron chi connectivity index (χ0n) is 11.9. The summed E-state index contributed by atoms with van der Waals surface area (Å²) in [6.07, 6.45) is 0. The SMILES string of the molecule is Cc1ccc(-c2nc(Nc3cccc(Cl)c3)sc2C)cc1. The maximum absolute atomic E-state index is 6.00. The van der Waals surface area contributed by atoms with E-state index in [1.807, 2.05) is 24.3 Å². The van der Waals surface area contributed by atoms with Crippen molar-refractivity contribution in [2.45, 2.75) is 13.8 Å². The molecule has 1 heterocycles. The van der Waals surface area contributed by atoms with Crippen LogP contribution in [0.5, 0.6) is 0 Å². The standard InChI is InChI=1S/C17H15ClN2S/c1-11-6-8-13(9-7-11)16-12(2)21-17(20-16)19-15-5-3-4-14(18)10-15/h3-10H,1-2H3,(H,19,20). The highest BCUT2D eigenvalue weighted by Gasteiger charge is 2.10. The fourth-order valence-corrected chi connectivity index (χ4v) is 3.17. The average Bonchev–Trinajstić information content (AvgIpc) is 2.80. The third kappa shape index (κ3) is 3.26. The summed E-state index contributed by atoms with van der Waals surface area (Å²) in [5.41, 5.74) is 4.38. The van der Waals surface area contributed by atoms with Crippen molar-refractivity contribution in [3.8, 4) is 11.3 Å². The van der Waals surface area contributed by atoms with Crippen molar-refractivity contribution in [2.24, 2.45) is 0 Å². The summed E-state index contributed by atoms with van der Waals surface area (Å²) < 4.78 is 0. The zero-order valence-corrected chi connectivity index (χ0v) is 13.4. The normalized spacial score (nSPS) is 10.6. The van der Waals surface area contributed by atoms with E-state index in [2.05, 4.69) is 43.4 Å². The molecule has 1 aromatic heterocycles. The Morgan fingerprint density at radius 1 is 1.05 bits per heavy atom. The third-order valence-corrected chi connectivity index (χ3v) is 4.32. The van der Waals surface area contributed by atoms with Gasteiger partial charge in [-0.3, -0.25) is 0 Å². The number of aromatic nitrogens is 1. The molecule has 1 N–H and O–H groups in total. The molecule has 0 spiro atoms. The van der Waals surface area contributed by atoms with Crippen LogP contribution >= 0.6 is 22.9 Å². The predicted octanol–water partition coefficient (Wildman–Crippen LogP) is 5.82. The molecule has 2 aromatic carbocycles. The van der Waals surface area contributed by atoms with E-state index in [1.165, 1.54) is 10.4 Å². The minimum absolute atomic E-state index is 0.715. The van der Waals surface area contributed by atoms with Crippen LogP contribution in [-0.4, -0.2) is 4.98 Å². The van der Waals surface area contributed by atoms with Gasteiger partial charge in [-0.1, -0.05) is 47.5 Å². The molecule has 0 atom stereocenters. The zero-order chi connectivity index (χ0) is 14.8. The van der Waals surface area contributed by atoms with E-state index in [1.54, 1.807) is 11.3 Å². The van der Waals surface area contributed by atoms with E-state index in [9.17, 15) is 0 Å². The Labute approximate surface area is 133 Å². The van der Waals surface area contributed by atoms with Crippen molar-refractivity contribution in [1.29, 1.82) is 0 Å². The summed E-state index contributed by atoms with van der Waals surface area (Å²) in [6, 6.07) is 16.1. The Bertz CT molecular complexity index is 763. The highest BCUT2D eigenvalue weighted by molar-refractivity contribution is 7.16. The lowest BCUT2D eigenvalue weighted by molar-refractivity contribution is 1.35. The van der Waals surface area contributed by atoms with Gasteiger partial charge in [-0.15, -0.1) is 11.3 Å². The van der Waals surface area contributed by atoms with E-state index in [0.717, 1.165) is 22.1 Å². The molecule has 21 heavy (non-hydrogen) atoms. The fourth-order valence-electron chi connectivity index (χ4n) is 2.12. The quantitative estimate of drug-likeness (QED) is 0.658. The van der Waals surface area contributed by atoms with Gasteiger partial charge in [0.1, 0.15) is 0 Å². The van der Waals surface area contributed by atoms with Crippen LogP contribution < -0.4 is 5.32 Å². The number of rotatable bonds is 3. The number of halogens is 1. The van der Waals surface area contributed by atoms with Crippen LogP contribution in [0.2, 0.25) is 5.02 Å². The lowest BCUT2D eigenvalue weighted by atomic mass is 10.1. The van der Waals surface area contributed by atoms with Crippen molar-refractivity contribution in [3.05, 3.63) is 64.0 Å². The molecule has 0 aliphatic rings. The monoisotopic (exact) mass is 314 g/mol. The lowest BCUT2D eigenvalue weighted by Crippen LogP contribution is -1.89. The lowest BCUT2D eigenvalue weighted by Gasteiger charge is -2.02. The number of anilines is 2. The van der Waals surface area contributed by atoms with Crippen molar-refractivity contribution >= 4 is 33.8 Å². The summed E-state index contributed by atoms with van der Waals surface area (Å²) in [6.45, 7) is 4.18. The highest BCUT2D eigenvalue weighted by atomic mass is 35.5. The molecule has 3 aromatic rings. The first-order valence-corrected chi connectivity index (χ1v) is 7.88. The van der Waals surface area contributed by atoms with Crippen LogP contribution in [0.3, 0.4) is 0 Å². The predicted molar refractivity (Wildman–Crippen MR) is 91.8 cm³/mol. The van der Waals surface area contributed by atoms with Gasteiger partial charge in [-0.25, -0.2) is 4.98 Å². The second-order valence-electron chi connectivity index (χ2n) is 4.93. The molecular weight excluding hydrogens is 300 g/mol. The summed E-state index contributed by atoms with van der Waals surface area (Å²) in [5, 5.41) is 4.90. The molecule has 0 saturated carbocycles. The number of hydrogen-bond donors (Lipinski definition) is 1. The van der Waals surface area contributed by atoms with Crippen molar-refractivity contribution in [1.82, 2.24) is 4.98 Å². The molecule has 0 fully saturated rings. The highest BCUT2D eigenvalue weighted by Crippen LogP contribution is 2.32. The molecule has 2 nitrogen and oxygen atoms in total. The first-order chi connectivity index (χ1) is 10.1. The Balaban J connectivity index is 1.89. The molecule has 4 heteroatoms. The van der Waals surface area contributed by atoms with Gasteiger partial charge in [-0.05, 0) is 32.0 Å². The Kier molecular flexibility index (Phi) is 3.95. The maximum atomic E-state index is 6.00. The van der Waals surface area contributed by atoms with Gasteiger partial charge in [0.25, 0.3) is 0 Å². The van der Waals surface area contributed by atoms with Crippen LogP contribution in [0.25, 0.3) is 11.3 Å². The minimum Gasteiger partial charge on any atom is -0.331 e. The molecule has 0 unspecified atom stereocenters. The number of thiazole rings is 1. The van der Waals surface area contributed by atoms with Gasteiger partial charge in [0, 0.05) is 21.2 Å². The fraction of sp³-hybridized carbons (Fsp3) is 0.118. The number of aryl methyl sites for hydroxylation is 2. The molecule has 0 aliphatic heterocycles. The van der Waals surface area contributed by atoms with E-state index in [4.69, 9.17) is 16.6 Å². The summed E-state index contributed by atoms with van der Waals surface area (Å²) in [5.74, 6) is 0. The Morgan fingerprint density at radius 2 is 1.81 bits per heavy atom. The number of hydrogen-bond acceptors (Lipinski definition) is 3. The first-order valence-electron chi connectivity index (χ1n) is 6.69. The Morgan fingerprint density at radius 3 is 2.52 bits per heavy atom. The van der Waals surface area contributed by atoms with E-state index in [0.29, 0.717) is 5.02 Å². The first kappa shape index (κ1) is 14.1. The maximum Gasteiger partial charge on any atom is 0.187 e. The molecule has 106 valence electrons. The van der Waals surface area contributed by atoms with E-state index >= 15 is 0 Å². The molecular formula is C17H15ClN2S. The van der Waals surface area contributed by atoms with E-state index < -0.39 is 0 Å². The van der Waals surface area contributed by atoms with Crippen LogP contribution in [0.4, 0.5) is 10.8 Å². The van der Waals surface area contributed by atoms with E-state index in [-0.39, 0.29) is 0 Å². The van der Waals surface area contributed by atoms with Crippen molar-refractivity contribution in [3.63, 3.8) is 0 Å². The van der Waals surface area contributed by atoms with Gasteiger partial charge in [-0.2, -0.15) is 0 Å². The van der Waals surface area contributed by atoms with Crippen molar-refractivity contribution in [2.75, 3.05) is 5.32 Å². The molecule has 0 aliphatic carbocycles. The molecule has 0 bridgehead atoms. The van der Waals surface area contributed by atoms with Gasteiger partial charge in [0.2, 0.25) is 0 Å². The van der Waals surface area contributed by atoms with Crippen LogP contribution in [0.1, 0.15) is 10.4 Å². The minimum atomic E-state index is 0.715. The molecule has 0 amide bonds. The summed E-state index contributed by atoms with van der Waals surface area (Å²) in [7, 11) is 0. The van der Waals surface area contributed by atoms with Crippen LogP contribution in [0.15, 0.2) is 48.5 Å². The third-order valence-electron chi connectivity index (χ3n) is 3.20. The Hall–Kier alpha value is -1.84. The number of benzene rings is 2. The second-order valence-corrected chi connectivity index (χ2v) is 6.56. The molecule has 0 saturated heterocycles. The van der Waals surface area contributed by atoms with Gasteiger partial charge in [0.15, 0.2) is 5.13 Å². The number of nitrogens with zero attached hydrogens (tertiary/aromatic N) is 1. The second kappa shape index (κ2) is 5.88. The topological polar surface area (TPSA) is 24.9 Å². The van der Waals surface area contributed by atoms with Crippen molar-refractivity contribution < 1.29 is 0 Å². The molecule has 3 rings (SSSR count). The number of nitrogens with one attached hydrogen (secondary N) is 1. The van der Waals surface area contributed by atoms with Crippen LogP contribution in [0, 0.1) is 13.8 Å². The summed E-state index contributed by atoms with van der Waals surface area (Å²) in [4.78, 5) is 5.90. The van der Waals surface area contributed by atoms with Crippen LogP contribution in [-0.2, 0) is 0 Å². The molecule has 0 radical (unpaired) electrons. The van der Waals surface area contributed by atoms with Gasteiger partial charge < -0.3 is 5.32 Å². The largest absolute Gasteiger partial charge is 0.331 e. The average molecular weight is 315 g/mol.